The highest BCUT2D eigenvalue weighted by Gasteiger charge is 2.49. The Labute approximate surface area is 159 Å². The summed E-state index contributed by atoms with van der Waals surface area (Å²) in [6.07, 6.45) is 3.31. The van der Waals surface area contributed by atoms with E-state index in [0.29, 0.717) is 24.3 Å². The van der Waals surface area contributed by atoms with Crippen LogP contribution in [0.25, 0.3) is 10.6 Å². The first-order valence-electron chi connectivity index (χ1n) is 8.15. The Morgan fingerprint density at radius 2 is 2.20 bits per heavy atom. The van der Waals surface area contributed by atoms with Crippen molar-refractivity contribution in [3.63, 3.8) is 0 Å². The zero-order valence-electron chi connectivity index (χ0n) is 14.5. The largest absolute Gasteiger partial charge is 0.469 e. The number of methoxy groups -OCH3 is 1. The predicted molar refractivity (Wildman–Crippen MR) is 100 cm³/mol. The Bertz CT molecular complexity index is 792. The van der Waals surface area contributed by atoms with Gasteiger partial charge >= 0.3 is 5.97 Å². The number of aromatic nitrogens is 2. The van der Waals surface area contributed by atoms with Gasteiger partial charge in [0.15, 0.2) is 0 Å². The van der Waals surface area contributed by atoms with Gasteiger partial charge in [-0.1, -0.05) is 19.9 Å². The number of nitrogens with zero attached hydrogens (tertiary/aromatic N) is 2. The van der Waals surface area contributed by atoms with Crippen molar-refractivity contribution in [2.45, 2.75) is 38.7 Å². The summed E-state index contributed by atoms with van der Waals surface area (Å²) in [5.74, 6) is -0.408. The topological polar surface area (TPSA) is 72.3 Å². The van der Waals surface area contributed by atoms with Crippen molar-refractivity contribution in [3.05, 3.63) is 34.0 Å². The molecule has 0 aliphatic heterocycles. The number of hydrogen-bond donors (Lipinski definition) is 1. The summed E-state index contributed by atoms with van der Waals surface area (Å²) in [5.41, 5.74) is -0.563. The summed E-state index contributed by atoms with van der Waals surface area (Å²) in [4.78, 5) is 21.9. The summed E-state index contributed by atoms with van der Waals surface area (Å²) in [6.45, 7) is 4.01. The summed E-state index contributed by atoms with van der Waals surface area (Å²) < 4.78 is 5.69. The third-order valence-corrected chi connectivity index (χ3v) is 6.55. The first-order valence-corrected chi connectivity index (χ1v) is 9.75. The van der Waals surface area contributed by atoms with Crippen molar-refractivity contribution in [2.75, 3.05) is 7.11 Å². The second kappa shape index (κ2) is 6.78. The van der Waals surface area contributed by atoms with E-state index in [-0.39, 0.29) is 17.3 Å². The molecule has 0 aromatic carbocycles. The van der Waals surface area contributed by atoms with E-state index in [0.717, 1.165) is 15.2 Å². The minimum atomic E-state index is -1.02. The molecule has 0 saturated heterocycles. The molecule has 5 nitrogen and oxygen atoms in total. The van der Waals surface area contributed by atoms with Crippen LogP contribution in [0.4, 0.5) is 0 Å². The number of hydrogen-bond acceptors (Lipinski definition) is 6. The summed E-state index contributed by atoms with van der Waals surface area (Å²) in [7, 11) is 1.41. The molecular formula is C18H21BrN2O3S. The van der Waals surface area contributed by atoms with E-state index in [1.54, 1.807) is 6.20 Å². The molecule has 1 saturated carbocycles. The number of ether oxygens (including phenoxy) is 1. The molecular weight excluding hydrogens is 404 g/mol. The Balaban J connectivity index is 1.86. The summed E-state index contributed by atoms with van der Waals surface area (Å²) in [5, 5.41) is 11.9. The van der Waals surface area contributed by atoms with Gasteiger partial charge in [0.2, 0.25) is 0 Å². The van der Waals surface area contributed by atoms with Crippen molar-refractivity contribution >= 4 is 33.2 Å². The SMILES string of the molecule is COC(=O)C1CCC(O)(c2ncc(-c3cccc(Br)n3)s2)CC1(C)C. The van der Waals surface area contributed by atoms with Crippen LogP contribution in [-0.4, -0.2) is 28.2 Å². The standard InChI is InChI=1S/C18H21BrN2O3S/c1-17(2)10-18(23,8-7-11(17)15(22)24-3)16-20-9-13(25-16)12-5-4-6-14(19)21-12/h4-6,9,11,23H,7-8,10H2,1-3H3. The minimum Gasteiger partial charge on any atom is -0.469 e. The highest BCUT2D eigenvalue weighted by atomic mass is 79.9. The van der Waals surface area contributed by atoms with Crippen molar-refractivity contribution < 1.29 is 14.6 Å². The normalized spacial score (nSPS) is 25.6. The lowest BCUT2D eigenvalue weighted by Gasteiger charge is -2.44. The van der Waals surface area contributed by atoms with Crippen LogP contribution >= 0.6 is 27.3 Å². The lowest BCUT2D eigenvalue weighted by molar-refractivity contribution is -0.157. The van der Waals surface area contributed by atoms with Gasteiger partial charge in [0.05, 0.1) is 23.6 Å². The van der Waals surface area contributed by atoms with Crippen molar-refractivity contribution in [3.8, 4) is 10.6 Å². The van der Waals surface area contributed by atoms with E-state index in [1.807, 2.05) is 32.0 Å². The molecule has 1 fully saturated rings. The zero-order valence-corrected chi connectivity index (χ0v) is 16.9. The van der Waals surface area contributed by atoms with Gasteiger partial charge in [-0.15, -0.1) is 11.3 Å². The summed E-state index contributed by atoms with van der Waals surface area (Å²) in [6, 6.07) is 5.71. The Kier molecular flexibility index (Phi) is 5.01. The first kappa shape index (κ1) is 18.5. The van der Waals surface area contributed by atoms with Crippen LogP contribution in [0, 0.1) is 11.3 Å². The molecule has 2 atom stereocenters. The number of halogens is 1. The third kappa shape index (κ3) is 3.64. The molecule has 2 aromatic heterocycles. The maximum Gasteiger partial charge on any atom is 0.309 e. The van der Waals surface area contributed by atoms with Crippen LogP contribution in [0.3, 0.4) is 0 Å². The predicted octanol–water partition coefficient (Wildman–Crippen LogP) is 4.15. The molecule has 2 aromatic rings. The van der Waals surface area contributed by atoms with Gasteiger partial charge in [-0.25, -0.2) is 9.97 Å². The van der Waals surface area contributed by atoms with E-state index in [9.17, 15) is 9.90 Å². The fraction of sp³-hybridized carbons (Fsp3) is 0.500. The average Bonchev–Trinajstić information content (AvgIpc) is 3.04. The maximum absolute atomic E-state index is 12.0. The number of aliphatic hydroxyl groups is 1. The number of rotatable bonds is 3. The van der Waals surface area contributed by atoms with Gasteiger partial charge in [0.1, 0.15) is 15.2 Å². The fourth-order valence-electron chi connectivity index (χ4n) is 3.65. The van der Waals surface area contributed by atoms with Crippen LogP contribution in [-0.2, 0) is 15.1 Å². The van der Waals surface area contributed by atoms with E-state index in [1.165, 1.54) is 18.4 Å². The molecule has 134 valence electrons. The second-order valence-corrected chi connectivity index (χ2v) is 9.03. The Morgan fingerprint density at radius 1 is 1.44 bits per heavy atom. The zero-order chi connectivity index (χ0) is 18.2. The second-order valence-electron chi connectivity index (χ2n) is 7.19. The molecule has 3 rings (SSSR count). The number of pyridine rings is 1. The molecule has 7 heteroatoms. The summed E-state index contributed by atoms with van der Waals surface area (Å²) >= 11 is 4.83. The molecule has 0 amide bonds. The Hall–Kier alpha value is -1.31. The molecule has 0 bridgehead atoms. The van der Waals surface area contributed by atoms with E-state index in [2.05, 4.69) is 25.9 Å². The van der Waals surface area contributed by atoms with Gasteiger partial charge < -0.3 is 9.84 Å². The van der Waals surface area contributed by atoms with Crippen molar-refractivity contribution in [2.24, 2.45) is 11.3 Å². The number of carbonyl (C=O) groups is 1. The van der Waals surface area contributed by atoms with Gasteiger partial charge in [0.25, 0.3) is 0 Å². The maximum atomic E-state index is 12.0. The number of esters is 1. The van der Waals surface area contributed by atoms with Crippen LogP contribution < -0.4 is 0 Å². The number of thiazole rings is 1. The molecule has 0 radical (unpaired) electrons. The van der Waals surface area contributed by atoms with Gasteiger partial charge in [0, 0.05) is 6.20 Å². The van der Waals surface area contributed by atoms with E-state index >= 15 is 0 Å². The monoisotopic (exact) mass is 424 g/mol. The van der Waals surface area contributed by atoms with Crippen LogP contribution in [0.15, 0.2) is 29.0 Å². The van der Waals surface area contributed by atoms with Crippen molar-refractivity contribution in [1.82, 2.24) is 9.97 Å². The Morgan fingerprint density at radius 3 is 2.84 bits per heavy atom. The average molecular weight is 425 g/mol. The quantitative estimate of drug-likeness (QED) is 0.591. The molecule has 0 spiro atoms. The smallest absolute Gasteiger partial charge is 0.309 e. The third-order valence-electron chi connectivity index (χ3n) is 4.90. The van der Waals surface area contributed by atoms with E-state index < -0.39 is 5.60 Å². The first-order chi connectivity index (χ1) is 11.7. The van der Waals surface area contributed by atoms with Crippen molar-refractivity contribution in [1.29, 1.82) is 0 Å². The van der Waals surface area contributed by atoms with Gasteiger partial charge in [-0.05, 0) is 52.7 Å². The van der Waals surface area contributed by atoms with Crippen LogP contribution in [0.1, 0.15) is 38.1 Å². The lowest BCUT2D eigenvalue weighted by atomic mass is 9.63. The highest BCUT2D eigenvalue weighted by Crippen LogP contribution is 2.51. The minimum absolute atomic E-state index is 0.204. The van der Waals surface area contributed by atoms with Crippen LogP contribution in [0.5, 0.6) is 0 Å². The molecule has 25 heavy (non-hydrogen) atoms. The fourth-order valence-corrected chi connectivity index (χ4v) is 5.00. The number of carbonyl (C=O) groups excluding carboxylic acids is 1. The van der Waals surface area contributed by atoms with Gasteiger partial charge in [-0.3, -0.25) is 4.79 Å². The molecule has 2 unspecified atom stereocenters. The molecule has 1 N–H and O–H groups in total. The highest BCUT2D eigenvalue weighted by molar-refractivity contribution is 9.10. The molecule has 1 aliphatic carbocycles. The molecule has 1 aliphatic rings. The van der Waals surface area contributed by atoms with Gasteiger partial charge in [-0.2, -0.15) is 0 Å². The lowest BCUT2D eigenvalue weighted by Crippen LogP contribution is -2.45. The van der Waals surface area contributed by atoms with E-state index in [4.69, 9.17) is 4.74 Å². The van der Waals surface area contributed by atoms with Crippen LogP contribution in [0.2, 0.25) is 0 Å². The molecule has 2 heterocycles.